The number of hydrogen-bond acceptors (Lipinski definition) is 2. The van der Waals surface area contributed by atoms with E-state index in [9.17, 15) is 4.39 Å². The van der Waals surface area contributed by atoms with Crippen LogP contribution in [0.5, 0.6) is 0 Å². The van der Waals surface area contributed by atoms with Crippen LogP contribution in [-0.4, -0.2) is 11.8 Å². The third kappa shape index (κ3) is 4.23. The second-order valence-electron chi connectivity index (χ2n) is 4.30. The fraction of sp³-hybridized carbons (Fsp3) is 0.200. The Kier molecular flexibility index (Phi) is 5.25. The third-order valence-electron chi connectivity index (χ3n) is 2.72. The predicted molar refractivity (Wildman–Crippen MR) is 80.3 cm³/mol. The molecule has 2 aromatic rings. The first-order valence-corrected chi connectivity index (χ1v) is 7.39. The lowest BCUT2D eigenvalue weighted by molar-refractivity contribution is 0.623. The summed E-state index contributed by atoms with van der Waals surface area (Å²) in [6.07, 6.45) is 0.580. The van der Waals surface area contributed by atoms with Gasteiger partial charge in [-0.05, 0) is 30.2 Å². The molecule has 1 unspecified atom stereocenters. The summed E-state index contributed by atoms with van der Waals surface area (Å²) in [6, 6.07) is 14.9. The average molecular weight is 296 g/mol. The molecule has 100 valence electrons. The fourth-order valence-electron chi connectivity index (χ4n) is 1.77. The normalized spacial score (nSPS) is 12.4. The van der Waals surface area contributed by atoms with Gasteiger partial charge in [0, 0.05) is 16.7 Å². The first-order chi connectivity index (χ1) is 9.16. The summed E-state index contributed by atoms with van der Waals surface area (Å²) in [5.74, 6) is 0.388. The molecule has 0 bridgehead atoms. The van der Waals surface area contributed by atoms with Crippen LogP contribution in [0.15, 0.2) is 53.4 Å². The molecule has 2 aromatic carbocycles. The number of nitrogens with two attached hydrogens (primary N) is 1. The van der Waals surface area contributed by atoms with E-state index in [0.29, 0.717) is 6.42 Å². The zero-order chi connectivity index (χ0) is 13.7. The zero-order valence-corrected chi connectivity index (χ0v) is 11.9. The zero-order valence-electron chi connectivity index (χ0n) is 10.4. The van der Waals surface area contributed by atoms with Gasteiger partial charge in [0.25, 0.3) is 0 Å². The van der Waals surface area contributed by atoms with Gasteiger partial charge in [0.15, 0.2) is 0 Å². The molecule has 0 amide bonds. The molecule has 4 heteroatoms. The molecule has 0 spiro atoms. The molecular formula is C15H15ClFNS. The molecule has 0 aliphatic rings. The number of thioether (sulfide) groups is 1. The van der Waals surface area contributed by atoms with Gasteiger partial charge in [0.2, 0.25) is 0 Å². The van der Waals surface area contributed by atoms with E-state index in [-0.39, 0.29) is 16.9 Å². The molecule has 2 rings (SSSR count). The average Bonchev–Trinajstić information content (AvgIpc) is 2.43. The van der Waals surface area contributed by atoms with Crippen molar-refractivity contribution in [2.75, 3.05) is 5.75 Å². The van der Waals surface area contributed by atoms with Crippen LogP contribution in [0, 0.1) is 5.82 Å². The van der Waals surface area contributed by atoms with Gasteiger partial charge < -0.3 is 5.73 Å². The van der Waals surface area contributed by atoms with Crippen molar-refractivity contribution in [2.24, 2.45) is 5.73 Å². The van der Waals surface area contributed by atoms with Crippen LogP contribution in [0.1, 0.15) is 5.56 Å². The Morgan fingerprint density at radius 3 is 2.58 bits per heavy atom. The van der Waals surface area contributed by atoms with Crippen molar-refractivity contribution >= 4 is 23.4 Å². The van der Waals surface area contributed by atoms with E-state index >= 15 is 0 Å². The molecule has 0 aliphatic carbocycles. The molecule has 0 saturated heterocycles. The van der Waals surface area contributed by atoms with Crippen LogP contribution in [0.3, 0.4) is 0 Å². The highest BCUT2D eigenvalue weighted by atomic mass is 35.5. The van der Waals surface area contributed by atoms with Crippen LogP contribution in [0.4, 0.5) is 4.39 Å². The summed E-state index contributed by atoms with van der Waals surface area (Å²) < 4.78 is 13.3. The molecule has 19 heavy (non-hydrogen) atoms. The summed E-state index contributed by atoms with van der Waals surface area (Å²) >= 11 is 7.61. The van der Waals surface area contributed by atoms with Gasteiger partial charge in [0.1, 0.15) is 5.82 Å². The minimum absolute atomic E-state index is 0.0514. The lowest BCUT2D eigenvalue weighted by Gasteiger charge is -2.12. The van der Waals surface area contributed by atoms with Gasteiger partial charge >= 0.3 is 0 Å². The van der Waals surface area contributed by atoms with Gasteiger partial charge in [-0.25, -0.2) is 4.39 Å². The van der Waals surface area contributed by atoms with E-state index in [1.807, 2.05) is 36.4 Å². The second-order valence-corrected chi connectivity index (χ2v) is 5.77. The fourth-order valence-corrected chi connectivity index (χ4v) is 2.84. The van der Waals surface area contributed by atoms with Crippen molar-refractivity contribution in [1.29, 1.82) is 0 Å². The molecule has 0 radical (unpaired) electrons. The quantitative estimate of drug-likeness (QED) is 0.839. The molecule has 0 heterocycles. The van der Waals surface area contributed by atoms with Gasteiger partial charge in [-0.3, -0.25) is 0 Å². The Labute approximate surface area is 122 Å². The van der Waals surface area contributed by atoms with Crippen LogP contribution in [0.25, 0.3) is 0 Å². The van der Waals surface area contributed by atoms with Crippen molar-refractivity contribution < 1.29 is 4.39 Å². The van der Waals surface area contributed by atoms with E-state index in [4.69, 9.17) is 17.3 Å². The smallest absolute Gasteiger partial charge is 0.142 e. The maximum Gasteiger partial charge on any atom is 0.142 e. The molecule has 0 aromatic heterocycles. The molecule has 1 nitrogen and oxygen atoms in total. The van der Waals surface area contributed by atoms with Gasteiger partial charge in [0.05, 0.1) is 5.02 Å². The minimum Gasteiger partial charge on any atom is -0.327 e. The van der Waals surface area contributed by atoms with Gasteiger partial charge in [-0.1, -0.05) is 41.9 Å². The minimum atomic E-state index is -0.387. The molecule has 0 fully saturated rings. The van der Waals surface area contributed by atoms with Crippen molar-refractivity contribution in [2.45, 2.75) is 17.4 Å². The van der Waals surface area contributed by atoms with E-state index in [1.165, 1.54) is 11.0 Å². The second kappa shape index (κ2) is 6.94. The Hall–Kier alpha value is -1.03. The van der Waals surface area contributed by atoms with Crippen molar-refractivity contribution in [3.63, 3.8) is 0 Å². The Morgan fingerprint density at radius 1 is 1.11 bits per heavy atom. The molecular weight excluding hydrogens is 281 g/mol. The summed E-state index contributed by atoms with van der Waals surface area (Å²) in [7, 11) is 0. The number of rotatable bonds is 5. The summed E-state index contributed by atoms with van der Waals surface area (Å²) in [5, 5.41) is 0.183. The van der Waals surface area contributed by atoms with Crippen LogP contribution in [0.2, 0.25) is 5.02 Å². The molecule has 2 N–H and O–H groups in total. The first kappa shape index (κ1) is 14.4. The van der Waals surface area contributed by atoms with Crippen LogP contribution < -0.4 is 5.73 Å². The highest BCUT2D eigenvalue weighted by Crippen LogP contribution is 2.23. The van der Waals surface area contributed by atoms with Crippen LogP contribution in [-0.2, 0) is 6.42 Å². The maximum atomic E-state index is 13.3. The SMILES string of the molecule is NC(CSc1ccccc1)Cc1cccc(F)c1Cl. The van der Waals surface area contributed by atoms with E-state index in [0.717, 1.165) is 11.3 Å². The Bertz CT molecular complexity index is 533. The van der Waals surface area contributed by atoms with Gasteiger partial charge in [-0.2, -0.15) is 0 Å². The largest absolute Gasteiger partial charge is 0.327 e. The summed E-state index contributed by atoms with van der Waals surface area (Å²) in [4.78, 5) is 1.18. The van der Waals surface area contributed by atoms with Crippen molar-refractivity contribution in [3.8, 4) is 0 Å². The highest BCUT2D eigenvalue weighted by molar-refractivity contribution is 7.99. The van der Waals surface area contributed by atoms with E-state index in [2.05, 4.69) is 0 Å². The van der Waals surface area contributed by atoms with Crippen molar-refractivity contribution in [3.05, 3.63) is 64.9 Å². The summed E-state index contributed by atoms with van der Waals surface area (Å²) in [6.45, 7) is 0. The summed E-state index contributed by atoms with van der Waals surface area (Å²) in [5.41, 5.74) is 6.84. The molecule has 0 saturated carbocycles. The monoisotopic (exact) mass is 295 g/mol. The number of halogens is 2. The predicted octanol–water partition coefficient (Wildman–Crippen LogP) is 4.14. The molecule has 1 atom stereocenters. The number of benzene rings is 2. The highest BCUT2D eigenvalue weighted by Gasteiger charge is 2.10. The first-order valence-electron chi connectivity index (χ1n) is 6.03. The number of hydrogen-bond donors (Lipinski definition) is 1. The molecule has 0 aliphatic heterocycles. The standard InChI is InChI=1S/C15H15ClFNS/c16-15-11(5-4-8-14(15)17)9-12(18)10-19-13-6-2-1-3-7-13/h1-8,12H,9-10,18H2. The lowest BCUT2D eigenvalue weighted by atomic mass is 10.1. The maximum absolute atomic E-state index is 13.3. The Balaban J connectivity index is 1.91. The third-order valence-corrected chi connectivity index (χ3v) is 4.34. The van der Waals surface area contributed by atoms with E-state index < -0.39 is 0 Å². The lowest BCUT2D eigenvalue weighted by Crippen LogP contribution is -2.25. The van der Waals surface area contributed by atoms with Crippen molar-refractivity contribution in [1.82, 2.24) is 0 Å². The van der Waals surface area contributed by atoms with Gasteiger partial charge in [-0.15, -0.1) is 11.8 Å². The Morgan fingerprint density at radius 2 is 1.84 bits per heavy atom. The van der Waals surface area contributed by atoms with Crippen LogP contribution >= 0.6 is 23.4 Å². The van der Waals surface area contributed by atoms with E-state index in [1.54, 1.807) is 17.8 Å². The topological polar surface area (TPSA) is 26.0 Å².